The van der Waals surface area contributed by atoms with E-state index in [1.165, 1.54) is 0 Å². The highest BCUT2D eigenvalue weighted by Gasteiger charge is 2.07. The van der Waals surface area contributed by atoms with Crippen molar-refractivity contribution in [3.8, 4) is 0 Å². The fourth-order valence-electron chi connectivity index (χ4n) is 1.22. The smallest absolute Gasteiger partial charge is 0.251 e. The first-order chi connectivity index (χ1) is 7.08. The summed E-state index contributed by atoms with van der Waals surface area (Å²) in [6.07, 6.45) is -0.0549. The molecule has 15 heavy (non-hydrogen) atoms. The Morgan fingerprint density at radius 1 is 1.47 bits per heavy atom. The molecule has 3 nitrogen and oxygen atoms in total. The van der Waals surface area contributed by atoms with Gasteiger partial charge in [-0.25, -0.2) is 8.78 Å². The maximum atomic E-state index is 12.0. The van der Waals surface area contributed by atoms with Crippen LogP contribution in [0.5, 0.6) is 0 Å². The summed E-state index contributed by atoms with van der Waals surface area (Å²) < 4.78 is 24.0. The van der Waals surface area contributed by atoms with E-state index < -0.39 is 6.43 Å². The van der Waals surface area contributed by atoms with Crippen molar-refractivity contribution in [3.63, 3.8) is 0 Å². The lowest BCUT2D eigenvalue weighted by atomic mass is 10.2. The number of pyridine rings is 1. The largest absolute Gasteiger partial charge is 0.397 e. The summed E-state index contributed by atoms with van der Waals surface area (Å²) >= 11 is 0. The van der Waals surface area contributed by atoms with E-state index >= 15 is 0 Å². The van der Waals surface area contributed by atoms with Crippen molar-refractivity contribution < 1.29 is 8.78 Å². The fraction of sp³-hybridized carbons (Fsp3) is 0.500. The molecule has 0 fully saturated rings. The summed E-state index contributed by atoms with van der Waals surface area (Å²) in [6.45, 7) is 0.371. The second-order valence-corrected chi connectivity index (χ2v) is 3.49. The molecule has 84 valence electrons. The maximum Gasteiger partial charge on any atom is 0.251 e. The first kappa shape index (κ1) is 11.8. The molecular formula is C10H15F2N3. The summed E-state index contributed by atoms with van der Waals surface area (Å²) in [7, 11) is 1.67. The second-order valence-electron chi connectivity index (χ2n) is 3.49. The highest BCUT2D eigenvalue weighted by molar-refractivity contribution is 5.34. The van der Waals surface area contributed by atoms with Crippen molar-refractivity contribution in [2.75, 3.05) is 25.9 Å². The van der Waals surface area contributed by atoms with Gasteiger partial charge < -0.3 is 10.6 Å². The molecule has 5 heteroatoms. The minimum absolute atomic E-state index is 0.199. The van der Waals surface area contributed by atoms with Crippen LogP contribution in [-0.2, 0) is 6.42 Å². The molecule has 0 aliphatic carbocycles. The third kappa shape index (κ3) is 4.69. The molecule has 1 aromatic rings. The molecular weight excluding hydrogens is 200 g/mol. The van der Waals surface area contributed by atoms with E-state index in [1.54, 1.807) is 24.2 Å². The van der Waals surface area contributed by atoms with E-state index in [0.29, 0.717) is 18.7 Å². The van der Waals surface area contributed by atoms with Crippen LogP contribution in [0.3, 0.4) is 0 Å². The Labute approximate surface area is 87.9 Å². The Morgan fingerprint density at radius 2 is 2.20 bits per heavy atom. The zero-order chi connectivity index (χ0) is 11.3. The Hall–Kier alpha value is -1.23. The average molecular weight is 215 g/mol. The number of likely N-dealkylation sites (N-methyl/N-ethyl adjacent to an activating group) is 1. The van der Waals surface area contributed by atoms with Gasteiger partial charge in [-0.05, 0) is 19.2 Å². The first-order valence-electron chi connectivity index (χ1n) is 4.75. The molecule has 0 saturated heterocycles. The van der Waals surface area contributed by atoms with Crippen molar-refractivity contribution in [1.82, 2.24) is 9.88 Å². The van der Waals surface area contributed by atoms with Crippen LogP contribution in [0.1, 0.15) is 5.69 Å². The Kier molecular flexibility index (Phi) is 4.42. The normalized spacial score (nSPS) is 11.3. The van der Waals surface area contributed by atoms with Gasteiger partial charge in [-0.1, -0.05) is 0 Å². The number of anilines is 1. The molecule has 0 radical (unpaired) electrons. The molecule has 0 aromatic carbocycles. The third-order valence-electron chi connectivity index (χ3n) is 2.05. The van der Waals surface area contributed by atoms with Crippen molar-refractivity contribution in [2.45, 2.75) is 12.8 Å². The van der Waals surface area contributed by atoms with E-state index in [-0.39, 0.29) is 6.54 Å². The summed E-state index contributed by atoms with van der Waals surface area (Å²) in [5.41, 5.74) is 6.95. The summed E-state index contributed by atoms with van der Waals surface area (Å²) in [5.74, 6) is 0. The Bertz CT molecular complexity index is 287. The summed E-state index contributed by atoms with van der Waals surface area (Å²) in [5, 5.41) is 0. The zero-order valence-corrected chi connectivity index (χ0v) is 8.66. The topological polar surface area (TPSA) is 42.1 Å². The second kappa shape index (κ2) is 5.60. The molecule has 0 aliphatic rings. The minimum atomic E-state index is -2.28. The van der Waals surface area contributed by atoms with E-state index in [9.17, 15) is 8.78 Å². The molecule has 0 unspecified atom stereocenters. The lowest BCUT2D eigenvalue weighted by Gasteiger charge is -2.15. The molecule has 1 heterocycles. The number of rotatable bonds is 5. The number of alkyl halides is 2. The van der Waals surface area contributed by atoms with Crippen molar-refractivity contribution in [1.29, 1.82) is 0 Å². The molecule has 0 saturated carbocycles. The van der Waals surface area contributed by atoms with Gasteiger partial charge in [0.05, 0.1) is 18.4 Å². The van der Waals surface area contributed by atoms with Crippen molar-refractivity contribution >= 4 is 5.69 Å². The quantitative estimate of drug-likeness (QED) is 0.807. The number of hydrogen-bond acceptors (Lipinski definition) is 3. The fourth-order valence-corrected chi connectivity index (χ4v) is 1.22. The first-order valence-corrected chi connectivity index (χ1v) is 4.75. The number of nitrogens with zero attached hydrogens (tertiary/aromatic N) is 2. The molecule has 1 aromatic heterocycles. The predicted octanol–water partition coefficient (Wildman–Crippen LogP) is 1.40. The Balaban J connectivity index is 2.33. The van der Waals surface area contributed by atoms with Gasteiger partial charge in [0.1, 0.15) is 0 Å². The molecule has 0 atom stereocenters. The molecule has 1 rings (SSSR count). The lowest BCUT2D eigenvalue weighted by molar-refractivity contribution is 0.101. The van der Waals surface area contributed by atoms with Crippen LogP contribution >= 0.6 is 0 Å². The molecule has 0 spiro atoms. The molecule has 0 bridgehead atoms. The van der Waals surface area contributed by atoms with Gasteiger partial charge in [0, 0.05) is 18.7 Å². The average Bonchev–Trinajstić information content (AvgIpc) is 2.16. The molecule has 2 N–H and O–H groups in total. The van der Waals surface area contributed by atoms with E-state index in [1.807, 2.05) is 6.07 Å². The van der Waals surface area contributed by atoms with Crippen LogP contribution in [0.2, 0.25) is 0 Å². The van der Waals surface area contributed by atoms with E-state index in [2.05, 4.69) is 4.98 Å². The summed E-state index contributed by atoms with van der Waals surface area (Å²) in [4.78, 5) is 5.68. The van der Waals surface area contributed by atoms with Gasteiger partial charge in [-0.2, -0.15) is 0 Å². The van der Waals surface area contributed by atoms with E-state index in [4.69, 9.17) is 5.73 Å². The van der Waals surface area contributed by atoms with Gasteiger partial charge in [0.2, 0.25) is 0 Å². The van der Waals surface area contributed by atoms with Crippen LogP contribution < -0.4 is 5.73 Å². The van der Waals surface area contributed by atoms with Gasteiger partial charge in [-0.3, -0.25) is 4.98 Å². The van der Waals surface area contributed by atoms with Gasteiger partial charge in [0.25, 0.3) is 6.43 Å². The van der Waals surface area contributed by atoms with Crippen molar-refractivity contribution in [2.24, 2.45) is 0 Å². The van der Waals surface area contributed by atoms with Crippen molar-refractivity contribution in [3.05, 3.63) is 24.0 Å². The number of nitrogen functional groups attached to an aromatic ring is 1. The predicted molar refractivity (Wildman–Crippen MR) is 55.9 cm³/mol. The molecule has 0 aliphatic heterocycles. The van der Waals surface area contributed by atoms with Crippen LogP contribution in [-0.4, -0.2) is 36.4 Å². The summed E-state index contributed by atoms with van der Waals surface area (Å²) in [6, 6.07) is 3.57. The minimum Gasteiger partial charge on any atom is -0.397 e. The zero-order valence-electron chi connectivity index (χ0n) is 8.66. The standard InChI is InChI=1S/C10H15F2N3/c1-15(7-10(11)12)5-4-9-3-2-8(13)6-14-9/h2-3,6,10H,4-5,7,13H2,1H3. The lowest BCUT2D eigenvalue weighted by Crippen LogP contribution is -2.26. The maximum absolute atomic E-state index is 12.0. The van der Waals surface area contributed by atoms with E-state index in [0.717, 1.165) is 5.69 Å². The van der Waals surface area contributed by atoms with Crippen LogP contribution in [0.25, 0.3) is 0 Å². The molecule has 0 amide bonds. The van der Waals surface area contributed by atoms with Gasteiger partial charge >= 0.3 is 0 Å². The monoisotopic (exact) mass is 215 g/mol. The third-order valence-corrected chi connectivity index (χ3v) is 2.05. The highest BCUT2D eigenvalue weighted by atomic mass is 19.3. The Morgan fingerprint density at radius 3 is 2.73 bits per heavy atom. The van der Waals surface area contributed by atoms with Gasteiger partial charge in [-0.15, -0.1) is 0 Å². The van der Waals surface area contributed by atoms with Crippen LogP contribution in [0, 0.1) is 0 Å². The number of halogens is 2. The van der Waals surface area contributed by atoms with Crippen LogP contribution in [0.4, 0.5) is 14.5 Å². The number of nitrogens with two attached hydrogens (primary N) is 1. The van der Waals surface area contributed by atoms with Gasteiger partial charge in [0.15, 0.2) is 0 Å². The highest BCUT2D eigenvalue weighted by Crippen LogP contribution is 2.03. The number of aromatic nitrogens is 1. The SMILES string of the molecule is CN(CCc1ccc(N)cn1)CC(F)F. The number of hydrogen-bond donors (Lipinski definition) is 1. The van der Waals surface area contributed by atoms with Crippen LogP contribution in [0.15, 0.2) is 18.3 Å².